The Morgan fingerprint density at radius 2 is 2.20 bits per heavy atom. The monoisotopic (exact) mass is 409 g/mol. The van der Waals surface area contributed by atoms with Crippen LogP contribution >= 0.6 is 22.9 Å². The minimum atomic E-state index is -3.56. The molecule has 0 aromatic carbocycles. The van der Waals surface area contributed by atoms with Crippen LogP contribution in [0.1, 0.15) is 32.3 Å². The van der Waals surface area contributed by atoms with Crippen molar-refractivity contribution in [3.8, 4) is 0 Å². The molecule has 1 aliphatic rings. The number of epoxide rings is 1. The van der Waals surface area contributed by atoms with Gasteiger partial charge in [-0.2, -0.15) is 4.31 Å². The van der Waals surface area contributed by atoms with Crippen LogP contribution in [0.5, 0.6) is 0 Å². The first-order valence-corrected chi connectivity index (χ1v) is 10.9. The zero-order chi connectivity index (χ0) is 18.6. The minimum Gasteiger partial charge on any atom is -0.465 e. The lowest BCUT2D eigenvalue weighted by atomic mass is 10.1. The van der Waals surface area contributed by atoms with Crippen molar-refractivity contribution in [2.45, 2.75) is 43.4 Å². The fourth-order valence-electron chi connectivity index (χ4n) is 2.15. The van der Waals surface area contributed by atoms with Crippen molar-refractivity contribution < 1.29 is 22.7 Å². The van der Waals surface area contributed by atoms with Crippen molar-refractivity contribution in [1.82, 2.24) is 4.31 Å². The average molecular weight is 410 g/mol. The fourth-order valence-corrected chi connectivity index (χ4v) is 5.37. The summed E-state index contributed by atoms with van der Waals surface area (Å²) in [6.45, 7) is 5.31. The maximum atomic E-state index is 12.5. The summed E-state index contributed by atoms with van der Waals surface area (Å²) in [6.07, 6.45) is 1.39. The Bertz CT molecular complexity index is 697. The molecule has 1 fully saturated rings. The number of likely N-dealkylation sites (N-methyl/N-ethyl adjacent to an activating group) is 1. The molecule has 6 nitrogen and oxygen atoms in total. The molecule has 142 valence electrons. The number of nitrogens with zero attached hydrogens (tertiary/aromatic N) is 1. The zero-order valence-electron chi connectivity index (χ0n) is 14.7. The summed E-state index contributed by atoms with van der Waals surface area (Å²) in [4.78, 5) is 11.6. The minimum absolute atomic E-state index is 0.00784. The van der Waals surface area contributed by atoms with E-state index in [1.54, 1.807) is 6.07 Å². The second-order valence-electron chi connectivity index (χ2n) is 6.54. The highest BCUT2D eigenvalue weighted by molar-refractivity contribution is 7.91. The van der Waals surface area contributed by atoms with Gasteiger partial charge in [0, 0.05) is 20.0 Å². The van der Waals surface area contributed by atoms with E-state index in [9.17, 15) is 13.2 Å². The van der Waals surface area contributed by atoms with Crippen molar-refractivity contribution in [3.63, 3.8) is 0 Å². The summed E-state index contributed by atoms with van der Waals surface area (Å²) >= 11 is 7.24. The summed E-state index contributed by atoms with van der Waals surface area (Å²) in [5.41, 5.74) is 0.748. The van der Waals surface area contributed by atoms with E-state index < -0.39 is 10.0 Å². The number of hydrogen-bond acceptors (Lipinski definition) is 6. The van der Waals surface area contributed by atoms with E-state index in [0.29, 0.717) is 49.3 Å². The van der Waals surface area contributed by atoms with E-state index in [1.165, 1.54) is 11.4 Å². The normalized spacial score (nSPS) is 17.3. The molecule has 0 aliphatic carbocycles. The van der Waals surface area contributed by atoms with Crippen LogP contribution in [-0.4, -0.2) is 51.6 Å². The summed E-state index contributed by atoms with van der Waals surface area (Å²) in [6, 6.07) is 1.60. The van der Waals surface area contributed by atoms with Gasteiger partial charge in [-0.05, 0) is 30.4 Å². The third-order valence-electron chi connectivity index (χ3n) is 3.67. The van der Waals surface area contributed by atoms with Crippen molar-refractivity contribution in [2.75, 3.05) is 26.8 Å². The molecule has 0 spiro atoms. The van der Waals surface area contributed by atoms with Gasteiger partial charge in [-0.1, -0.05) is 25.4 Å². The maximum absolute atomic E-state index is 12.5. The van der Waals surface area contributed by atoms with Crippen LogP contribution in [0.25, 0.3) is 0 Å². The summed E-state index contributed by atoms with van der Waals surface area (Å²) in [7, 11) is -2.02. The third kappa shape index (κ3) is 6.21. The van der Waals surface area contributed by atoms with Crippen LogP contribution in [0, 0.1) is 5.92 Å². The number of carbonyl (C=O) groups is 1. The molecule has 9 heteroatoms. The molecule has 1 atom stereocenters. The number of rotatable bonds is 10. The third-order valence-corrected chi connectivity index (χ3v) is 7.38. The number of hydrogen-bond donors (Lipinski definition) is 0. The molecule has 0 radical (unpaired) electrons. The molecule has 0 saturated carbocycles. The summed E-state index contributed by atoms with van der Waals surface area (Å²) < 4.78 is 37.2. The van der Waals surface area contributed by atoms with Gasteiger partial charge >= 0.3 is 5.97 Å². The Morgan fingerprint density at radius 3 is 2.80 bits per heavy atom. The zero-order valence-corrected chi connectivity index (χ0v) is 17.0. The molecule has 2 rings (SSSR count). The van der Waals surface area contributed by atoms with Crippen LogP contribution in [0.2, 0.25) is 4.34 Å². The fraction of sp³-hybridized carbons (Fsp3) is 0.688. The molecule has 2 heterocycles. The lowest BCUT2D eigenvalue weighted by Crippen LogP contribution is -2.30. The maximum Gasteiger partial charge on any atom is 0.305 e. The average Bonchev–Trinajstić information content (AvgIpc) is 3.26. The van der Waals surface area contributed by atoms with Crippen LogP contribution in [0.15, 0.2) is 10.3 Å². The number of thiophene rings is 1. The molecular formula is C16H24ClNO5S2. The summed E-state index contributed by atoms with van der Waals surface area (Å²) in [5, 5.41) is 0. The molecule has 1 saturated heterocycles. The van der Waals surface area contributed by atoms with Crippen molar-refractivity contribution in [1.29, 1.82) is 0 Å². The Morgan fingerprint density at radius 1 is 1.52 bits per heavy atom. The number of sulfonamides is 1. The Labute approximate surface area is 158 Å². The first kappa shape index (κ1) is 20.6. The molecule has 1 aromatic heterocycles. The number of aryl methyl sites for hydroxylation is 1. The Balaban J connectivity index is 1.89. The van der Waals surface area contributed by atoms with E-state index in [4.69, 9.17) is 21.1 Å². The Kier molecular flexibility index (Phi) is 7.28. The highest BCUT2D eigenvalue weighted by atomic mass is 35.5. The molecule has 1 aromatic rings. The molecule has 0 amide bonds. The topological polar surface area (TPSA) is 76.2 Å². The molecule has 1 aliphatic heterocycles. The van der Waals surface area contributed by atoms with Gasteiger partial charge < -0.3 is 9.47 Å². The van der Waals surface area contributed by atoms with Crippen LogP contribution < -0.4 is 0 Å². The van der Waals surface area contributed by atoms with E-state index >= 15 is 0 Å². The van der Waals surface area contributed by atoms with Gasteiger partial charge in [-0.25, -0.2) is 8.42 Å². The van der Waals surface area contributed by atoms with Gasteiger partial charge in [-0.15, -0.1) is 11.3 Å². The quantitative estimate of drug-likeness (QED) is 0.438. The van der Waals surface area contributed by atoms with Gasteiger partial charge in [0.25, 0.3) is 10.0 Å². The standard InChI is InChI=1S/C16H24ClNO5S2/c1-11(2)9-23-14(19)6-4-5-12-7-15(24-16(12)17)25(20,21)18(3)8-13-10-22-13/h7,11,13H,4-6,8-10H2,1-3H3. The second-order valence-corrected chi connectivity index (χ2v) is 10.5. The Hall–Kier alpha value is -0.670. The smallest absolute Gasteiger partial charge is 0.305 e. The van der Waals surface area contributed by atoms with E-state index in [-0.39, 0.29) is 16.3 Å². The van der Waals surface area contributed by atoms with Crippen LogP contribution in [-0.2, 0) is 30.7 Å². The number of carbonyl (C=O) groups excluding carboxylic acids is 1. The SMILES string of the molecule is CC(C)COC(=O)CCCc1cc(S(=O)(=O)N(C)CC2CO2)sc1Cl. The lowest BCUT2D eigenvalue weighted by molar-refractivity contribution is -0.144. The summed E-state index contributed by atoms with van der Waals surface area (Å²) in [5.74, 6) is 0.0677. The van der Waals surface area contributed by atoms with Gasteiger partial charge in [0.05, 0.1) is 23.7 Å². The number of halogens is 1. The molecule has 25 heavy (non-hydrogen) atoms. The van der Waals surface area contributed by atoms with E-state index in [0.717, 1.165) is 16.9 Å². The van der Waals surface area contributed by atoms with Crippen LogP contribution in [0.3, 0.4) is 0 Å². The molecular weight excluding hydrogens is 386 g/mol. The lowest BCUT2D eigenvalue weighted by Gasteiger charge is -2.14. The molecule has 0 N–H and O–H groups in total. The molecule has 1 unspecified atom stereocenters. The van der Waals surface area contributed by atoms with E-state index in [1.807, 2.05) is 13.8 Å². The van der Waals surface area contributed by atoms with Crippen molar-refractivity contribution in [2.24, 2.45) is 5.92 Å². The van der Waals surface area contributed by atoms with Gasteiger partial charge in [0.15, 0.2) is 0 Å². The van der Waals surface area contributed by atoms with Crippen molar-refractivity contribution >= 4 is 38.9 Å². The van der Waals surface area contributed by atoms with Gasteiger partial charge in [-0.3, -0.25) is 4.79 Å². The van der Waals surface area contributed by atoms with E-state index in [2.05, 4.69) is 0 Å². The largest absolute Gasteiger partial charge is 0.465 e. The highest BCUT2D eigenvalue weighted by Crippen LogP contribution is 2.33. The van der Waals surface area contributed by atoms with Crippen molar-refractivity contribution in [3.05, 3.63) is 16.0 Å². The highest BCUT2D eigenvalue weighted by Gasteiger charge is 2.31. The molecule has 0 bridgehead atoms. The van der Waals surface area contributed by atoms with Gasteiger partial charge in [0.1, 0.15) is 4.21 Å². The second kappa shape index (κ2) is 8.81. The predicted molar refractivity (Wildman–Crippen MR) is 97.6 cm³/mol. The van der Waals surface area contributed by atoms with Crippen LogP contribution in [0.4, 0.5) is 0 Å². The first-order valence-electron chi connectivity index (χ1n) is 8.22. The number of esters is 1. The predicted octanol–water partition coefficient (Wildman–Crippen LogP) is 2.94. The van der Waals surface area contributed by atoms with Gasteiger partial charge in [0.2, 0.25) is 0 Å². The number of ether oxygens (including phenoxy) is 2. The first-order chi connectivity index (χ1) is 11.7.